The van der Waals surface area contributed by atoms with Gasteiger partial charge < -0.3 is 10.3 Å². The topological polar surface area (TPSA) is 57.8 Å². The van der Waals surface area contributed by atoms with Gasteiger partial charge in [-0.25, -0.2) is 4.98 Å². The van der Waals surface area contributed by atoms with Gasteiger partial charge in [-0.3, -0.25) is 4.79 Å². The van der Waals surface area contributed by atoms with E-state index < -0.39 is 0 Å². The van der Waals surface area contributed by atoms with Gasteiger partial charge in [0, 0.05) is 17.2 Å². The second kappa shape index (κ2) is 6.22. The number of nitrogens with zero attached hydrogens (tertiary/aromatic N) is 1. The van der Waals surface area contributed by atoms with Crippen molar-refractivity contribution in [2.75, 3.05) is 0 Å². The van der Waals surface area contributed by atoms with Crippen LogP contribution < -0.4 is 5.32 Å². The smallest absolute Gasteiger partial charge is 0.251 e. The molecule has 0 aliphatic carbocycles. The highest BCUT2D eigenvalue weighted by atomic mass is 35.5. The van der Waals surface area contributed by atoms with Crippen molar-refractivity contribution in [1.82, 2.24) is 15.3 Å². The SMILES string of the molecule is CC(C)NC(=O)c1ccc(-c2nc3c(Cl)c(Cl)ccc3[nH]2)cc1. The molecule has 1 heterocycles. The summed E-state index contributed by atoms with van der Waals surface area (Å²) in [5.74, 6) is 0.589. The summed E-state index contributed by atoms with van der Waals surface area (Å²) in [6.07, 6.45) is 0. The lowest BCUT2D eigenvalue weighted by Crippen LogP contribution is -2.29. The van der Waals surface area contributed by atoms with Crippen LogP contribution in [-0.4, -0.2) is 21.9 Å². The number of amides is 1. The predicted octanol–water partition coefficient (Wildman–Crippen LogP) is 4.67. The maximum absolute atomic E-state index is 12.0. The summed E-state index contributed by atoms with van der Waals surface area (Å²) in [4.78, 5) is 19.7. The summed E-state index contributed by atoms with van der Waals surface area (Å²) in [7, 11) is 0. The molecule has 1 amide bonds. The lowest BCUT2D eigenvalue weighted by Gasteiger charge is -2.08. The molecule has 0 saturated carbocycles. The third kappa shape index (κ3) is 3.19. The van der Waals surface area contributed by atoms with Crippen LogP contribution in [0, 0.1) is 0 Å². The quantitative estimate of drug-likeness (QED) is 0.722. The molecule has 118 valence electrons. The first-order chi connectivity index (χ1) is 11.0. The number of carbonyl (C=O) groups is 1. The lowest BCUT2D eigenvalue weighted by molar-refractivity contribution is 0.0943. The van der Waals surface area contributed by atoms with E-state index in [0.29, 0.717) is 26.9 Å². The van der Waals surface area contributed by atoms with Gasteiger partial charge in [-0.1, -0.05) is 35.3 Å². The number of fused-ring (bicyclic) bond motifs is 1. The van der Waals surface area contributed by atoms with Crippen molar-refractivity contribution in [2.45, 2.75) is 19.9 Å². The van der Waals surface area contributed by atoms with Gasteiger partial charge in [-0.05, 0) is 38.1 Å². The van der Waals surface area contributed by atoms with Crippen molar-refractivity contribution in [3.63, 3.8) is 0 Å². The zero-order valence-corrected chi connectivity index (χ0v) is 14.2. The standard InChI is InChI=1S/C17H15Cl2N3O/c1-9(2)20-17(23)11-5-3-10(4-6-11)16-21-13-8-7-12(18)14(19)15(13)22-16/h3-9H,1-2H3,(H,20,23)(H,21,22). The van der Waals surface area contributed by atoms with E-state index in [1.54, 1.807) is 18.2 Å². The molecular weight excluding hydrogens is 333 g/mol. The molecule has 0 bridgehead atoms. The number of hydrogen-bond acceptors (Lipinski definition) is 2. The fourth-order valence-electron chi connectivity index (χ4n) is 2.28. The summed E-state index contributed by atoms with van der Waals surface area (Å²) in [6, 6.07) is 10.9. The fraction of sp³-hybridized carbons (Fsp3) is 0.176. The van der Waals surface area contributed by atoms with Gasteiger partial charge in [0.05, 0.1) is 15.6 Å². The van der Waals surface area contributed by atoms with Crippen molar-refractivity contribution < 1.29 is 4.79 Å². The number of H-pyrrole nitrogens is 1. The van der Waals surface area contributed by atoms with E-state index in [1.807, 2.05) is 32.0 Å². The summed E-state index contributed by atoms with van der Waals surface area (Å²) in [5.41, 5.74) is 2.93. The van der Waals surface area contributed by atoms with Crippen LogP contribution in [0.15, 0.2) is 36.4 Å². The normalized spacial score (nSPS) is 11.2. The Hall–Kier alpha value is -2.04. The molecule has 0 atom stereocenters. The van der Waals surface area contributed by atoms with Crippen molar-refractivity contribution in [1.29, 1.82) is 0 Å². The molecule has 6 heteroatoms. The number of rotatable bonds is 3. The Bertz CT molecular complexity index is 869. The molecule has 0 saturated heterocycles. The van der Waals surface area contributed by atoms with Crippen LogP contribution in [0.4, 0.5) is 0 Å². The molecule has 1 aromatic heterocycles. The van der Waals surface area contributed by atoms with E-state index in [9.17, 15) is 4.79 Å². The van der Waals surface area contributed by atoms with Crippen molar-refractivity contribution >= 4 is 40.1 Å². The zero-order valence-electron chi connectivity index (χ0n) is 12.7. The third-order valence-electron chi connectivity index (χ3n) is 3.39. The van der Waals surface area contributed by atoms with E-state index in [1.165, 1.54) is 0 Å². The fourth-order valence-corrected chi connectivity index (χ4v) is 2.64. The average Bonchev–Trinajstić information content (AvgIpc) is 2.95. The molecule has 0 radical (unpaired) electrons. The Morgan fingerprint density at radius 2 is 1.83 bits per heavy atom. The number of imidazole rings is 1. The highest BCUT2D eigenvalue weighted by Crippen LogP contribution is 2.31. The van der Waals surface area contributed by atoms with Crippen molar-refractivity contribution in [3.05, 3.63) is 52.0 Å². The van der Waals surface area contributed by atoms with E-state index in [4.69, 9.17) is 23.2 Å². The summed E-state index contributed by atoms with van der Waals surface area (Å²) in [5, 5.41) is 3.76. The van der Waals surface area contributed by atoms with Crippen LogP contribution in [0.1, 0.15) is 24.2 Å². The highest BCUT2D eigenvalue weighted by molar-refractivity contribution is 6.44. The van der Waals surface area contributed by atoms with Crippen LogP contribution in [0.5, 0.6) is 0 Å². The van der Waals surface area contributed by atoms with Crippen LogP contribution in [-0.2, 0) is 0 Å². The van der Waals surface area contributed by atoms with E-state index in [-0.39, 0.29) is 11.9 Å². The van der Waals surface area contributed by atoms with Gasteiger partial charge >= 0.3 is 0 Å². The third-order valence-corrected chi connectivity index (χ3v) is 4.18. The molecule has 0 unspecified atom stereocenters. The first-order valence-corrected chi connectivity index (χ1v) is 7.96. The number of hydrogen-bond donors (Lipinski definition) is 2. The first-order valence-electron chi connectivity index (χ1n) is 7.20. The Balaban J connectivity index is 1.93. The summed E-state index contributed by atoms with van der Waals surface area (Å²) in [6.45, 7) is 3.85. The molecule has 2 aromatic carbocycles. The summed E-state index contributed by atoms with van der Waals surface area (Å²) < 4.78 is 0. The predicted molar refractivity (Wildman–Crippen MR) is 94.2 cm³/mol. The Kier molecular flexibility index (Phi) is 4.28. The van der Waals surface area contributed by atoms with Gasteiger partial charge in [0.15, 0.2) is 0 Å². The van der Waals surface area contributed by atoms with Crippen LogP contribution in [0.3, 0.4) is 0 Å². The highest BCUT2D eigenvalue weighted by Gasteiger charge is 2.12. The number of carbonyl (C=O) groups excluding carboxylic acids is 1. The van der Waals surface area contributed by atoms with Gasteiger partial charge in [0.1, 0.15) is 11.3 Å². The van der Waals surface area contributed by atoms with E-state index in [2.05, 4.69) is 15.3 Å². The number of aromatic nitrogens is 2. The van der Waals surface area contributed by atoms with E-state index >= 15 is 0 Å². The molecule has 0 aliphatic rings. The largest absolute Gasteiger partial charge is 0.350 e. The second-order valence-corrected chi connectivity index (χ2v) is 6.33. The van der Waals surface area contributed by atoms with Crippen molar-refractivity contribution in [3.8, 4) is 11.4 Å². The molecule has 0 fully saturated rings. The average molecular weight is 348 g/mol. The minimum Gasteiger partial charge on any atom is -0.350 e. The Morgan fingerprint density at radius 3 is 2.48 bits per heavy atom. The van der Waals surface area contributed by atoms with Crippen LogP contribution in [0.25, 0.3) is 22.4 Å². The van der Waals surface area contributed by atoms with Gasteiger partial charge in [-0.2, -0.15) is 0 Å². The molecule has 0 aliphatic heterocycles. The van der Waals surface area contributed by atoms with Crippen LogP contribution in [0.2, 0.25) is 10.0 Å². The number of benzene rings is 2. The lowest BCUT2D eigenvalue weighted by atomic mass is 10.1. The monoisotopic (exact) mass is 347 g/mol. The van der Waals surface area contributed by atoms with Gasteiger partial charge in [0.25, 0.3) is 5.91 Å². The maximum Gasteiger partial charge on any atom is 0.251 e. The summed E-state index contributed by atoms with van der Waals surface area (Å²) >= 11 is 12.2. The van der Waals surface area contributed by atoms with Gasteiger partial charge in [-0.15, -0.1) is 0 Å². The number of halogens is 2. The molecule has 0 spiro atoms. The molecule has 3 rings (SSSR count). The van der Waals surface area contributed by atoms with Crippen LogP contribution >= 0.6 is 23.2 Å². The molecule has 23 heavy (non-hydrogen) atoms. The molecular formula is C17H15Cl2N3O. The Morgan fingerprint density at radius 1 is 1.13 bits per heavy atom. The maximum atomic E-state index is 12.0. The Labute approximate surface area is 143 Å². The molecule has 2 N–H and O–H groups in total. The number of aromatic amines is 1. The minimum absolute atomic E-state index is 0.0917. The zero-order chi connectivity index (χ0) is 16.6. The number of nitrogens with one attached hydrogen (secondary N) is 2. The molecule has 3 aromatic rings. The van der Waals surface area contributed by atoms with Gasteiger partial charge in [0.2, 0.25) is 0 Å². The first kappa shape index (κ1) is 15.8. The van der Waals surface area contributed by atoms with E-state index in [0.717, 1.165) is 11.1 Å². The molecule has 4 nitrogen and oxygen atoms in total. The van der Waals surface area contributed by atoms with Crippen molar-refractivity contribution in [2.24, 2.45) is 0 Å². The minimum atomic E-state index is -0.0917. The second-order valence-electron chi connectivity index (χ2n) is 5.55.